The van der Waals surface area contributed by atoms with E-state index in [2.05, 4.69) is 161 Å². The van der Waals surface area contributed by atoms with Crippen molar-refractivity contribution in [2.45, 2.75) is 0 Å². The first-order valence-electron chi connectivity index (χ1n) is 18.0. The fourth-order valence-corrected chi connectivity index (χ4v) is 8.23. The molecule has 250 valence electrons. The van der Waals surface area contributed by atoms with Gasteiger partial charge in [-0.05, 0) is 101 Å². The SMILES string of the molecule is N#Cc1ccc(-n2c3ccccc3c3cc(-c4ccccc4-c4ccccc4-c4cccc5c6cc(C#N)ccc6n(-c6ccccc6)c45)ccc32)cc1. The van der Waals surface area contributed by atoms with Gasteiger partial charge in [0.2, 0.25) is 0 Å². The molecule has 4 nitrogen and oxygen atoms in total. The predicted octanol–water partition coefficient (Wildman–Crippen LogP) is 12.6. The van der Waals surface area contributed by atoms with E-state index < -0.39 is 0 Å². The van der Waals surface area contributed by atoms with Crippen molar-refractivity contribution in [3.8, 4) is 56.9 Å². The number of nitrogens with zero attached hydrogens (tertiary/aromatic N) is 4. The zero-order valence-corrected chi connectivity index (χ0v) is 29.1. The second-order valence-electron chi connectivity index (χ2n) is 13.6. The molecule has 2 heterocycles. The lowest BCUT2D eigenvalue weighted by Crippen LogP contribution is -1.96. The molecule has 0 aliphatic heterocycles. The summed E-state index contributed by atoms with van der Waals surface area (Å²) in [6.07, 6.45) is 0. The largest absolute Gasteiger partial charge is 0.309 e. The lowest BCUT2D eigenvalue weighted by molar-refractivity contribution is 1.18. The summed E-state index contributed by atoms with van der Waals surface area (Å²) in [4.78, 5) is 0. The maximum absolute atomic E-state index is 9.82. The third-order valence-corrected chi connectivity index (χ3v) is 10.6. The number of hydrogen-bond acceptors (Lipinski definition) is 2. The number of benzene rings is 8. The lowest BCUT2D eigenvalue weighted by Gasteiger charge is -2.17. The van der Waals surface area contributed by atoms with Crippen LogP contribution in [0.5, 0.6) is 0 Å². The van der Waals surface area contributed by atoms with E-state index in [9.17, 15) is 10.5 Å². The van der Waals surface area contributed by atoms with Gasteiger partial charge in [-0.15, -0.1) is 0 Å². The van der Waals surface area contributed by atoms with Crippen LogP contribution >= 0.6 is 0 Å². The summed E-state index contributed by atoms with van der Waals surface area (Å²) in [5.41, 5.74) is 14.6. The Labute approximate surface area is 312 Å². The fraction of sp³-hybridized carbons (Fsp3) is 0. The predicted molar refractivity (Wildman–Crippen MR) is 221 cm³/mol. The molecule has 0 aliphatic carbocycles. The molecule has 0 spiro atoms. The minimum Gasteiger partial charge on any atom is -0.309 e. The van der Waals surface area contributed by atoms with E-state index in [1.54, 1.807) is 0 Å². The van der Waals surface area contributed by atoms with Crippen LogP contribution in [0.3, 0.4) is 0 Å². The van der Waals surface area contributed by atoms with Crippen LogP contribution in [0.2, 0.25) is 0 Å². The highest BCUT2D eigenvalue weighted by molar-refractivity contribution is 6.15. The topological polar surface area (TPSA) is 57.4 Å². The first-order valence-corrected chi connectivity index (χ1v) is 18.0. The van der Waals surface area contributed by atoms with Crippen molar-refractivity contribution in [1.82, 2.24) is 9.13 Å². The molecule has 0 bridgehead atoms. The van der Waals surface area contributed by atoms with Gasteiger partial charge >= 0.3 is 0 Å². The first-order chi connectivity index (χ1) is 26.7. The fourth-order valence-electron chi connectivity index (χ4n) is 8.23. The van der Waals surface area contributed by atoms with Gasteiger partial charge in [0.15, 0.2) is 0 Å². The first kappa shape index (κ1) is 31.1. The third-order valence-electron chi connectivity index (χ3n) is 10.6. The maximum atomic E-state index is 9.82. The smallest absolute Gasteiger partial charge is 0.0991 e. The molecule has 0 unspecified atom stereocenters. The molecule has 0 saturated carbocycles. The minimum absolute atomic E-state index is 0.643. The van der Waals surface area contributed by atoms with Gasteiger partial charge in [-0.1, -0.05) is 109 Å². The molecule has 0 radical (unpaired) electrons. The summed E-state index contributed by atoms with van der Waals surface area (Å²) < 4.78 is 4.62. The molecule has 2 aromatic heterocycles. The van der Waals surface area contributed by atoms with Crippen molar-refractivity contribution in [2.75, 3.05) is 0 Å². The van der Waals surface area contributed by atoms with Gasteiger partial charge in [-0.3, -0.25) is 0 Å². The summed E-state index contributed by atoms with van der Waals surface area (Å²) in [6, 6.07) is 68.0. The van der Waals surface area contributed by atoms with Crippen LogP contribution in [0, 0.1) is 22.7 Å². The molecule has 0 aliphatic rings. The highest BCUT2D eigenvalue weighted by Gasteiger charge is 2.20. The van der Waals surface area contributed by atoms with E-state index in [0.717, 1.165) is 77.6 Å². The number of fused-ring (bicyclic) bond motifs is 6. The summed E-state index contributed by atoms with van der Waals surface area (Å²) in [5.74, 6) is 0. The van der Waals surface area contributed by atoms with Crippen molar-refractivity contribution >= 4 is 43.6 Å². The molecule has 8 aromatic carbocycles. The van der Waals surface area contributed by atoms with E-state index >= 15 is 0 Å². The number of rotatable bonds is 5. The van der Waals surface area contributed by atoms with Gasteiger partial charge in [0.1, 0.15) is 0 Å². The van der Waals surface area contributed by atoms with E-state index in [4.69, 9.17) is 0 Å². The monoisotopic (exact) mass is 686 g/mol. The van der Waals surface area contributed by atoms with Gasteiger partial charge in [0.05, 0.1) is 45.3 Å². The Kier molecular flexibility index (Phi) is 7.22. The summed E-state index contributed by atoms with van der Waals surface area (Å²) in [5, 5.41) is 23.7. The van der Waals surface area contributed by atoms with E-state index in [1.165, 1.54) is 10.8 Å². The van der Waals surface area contributed by atoms with Crippen LogP contribution < -0.4 is 0 Å². The summed E-state index contributed by atoms with van der Waals surface area (Å²) >= 11 is 0. The molecular formula is C50H30N4. The quantitative estimate of drug-likeness (QED) is 0.181. The van der Waals surface area contributed by atoms with Crippen LogP contribution in [0.1, 0.15) is 11.1 Å². The van der Waals surface area contributed by atoms with Crippen LogP contribution in [0.25, 0.3) is 88.4 Å². The van der Waals surface area contributed by atoms with E-state index in [-0.39, 0.29) is 0 Å². The molecule has 10 aromatic rings. The van der Waals surface area contributed by atoms with Crippen LogP contribution in [0.15, 0.2) is 182 Å². The molecule has 0 amide bonds. The zero-order valence-electron chi connectivity index (χ0n) is 29.1. The Hall–Kier alpha value is -7.66. The van der Waals surface area contributed by atoms with E-state index in [0.29, 0.717) is 11.1 Å². The van der Waals surface area contributed by atoms with Crippen molar-refractivity contribution < 1.29 is 0 Å². The van der Waals surface area contributed by atoms with Gasteiger partial charge in [0.25, 0.3) is 0 Å². The second-order valence-corrected chi connectivity index (χ2v) is 13.6. The standard InChI is InChI=1S/C50H30N4/c51-31-33-21-25-37(26-22-33)53-47-20-9-8-17-42(47)46-30-35(24-28-48(46)53)38-13-4-5-14-39(38)40-15-6-7-16-41(40)43-18-10-19-44-45-29-34(32-52)23-27-49(45)54(50(43)44)36-11-2-1-3-12-36/h1-30H. The van der Waals surface area contributed by atoms with Crippen molar-refractivity contribution in [3.63, 3.8) is 0 Å². The zero-order chi connectivity index (χ0) is 36.2. The minimum atomic E-state index is 0.643. The molecule has 54 heavy (non-hydrogen) atoms. The average Bonchev–Trinajstić information content (AvgIpc) is 3.76. The average molecular weight is 687 g/mol. The van der Waals surface area contributed by atoms with Crippen LogP contribution in [0.4, 0.5) is 0 Å². The number of hydrogen-bond donors (Lipinski definition) is 0. The molecular weight excluding hydrogens is 657 g/mol. The van der Waals surface area contributed by atoms with E-state index in [1.807, 2.05) is 42.5 Å². The molecule has 0 N–H and O–H groups in total. The second kappa shape index (κ2) is 12.5. The lowest BCUT2D eigenvalue weighted by atomic mass is 9.88. The Bertz CT molecular complexity index is 3170. The normalized spacial score (nSPS) is 11.3. The van der Waals surface area contributed by atoms with Crippen LogP contribution in [-0.4, -0.2) is 9.13 Å². The Morgan fingerprint density at radius 2 is 0.852 bits per heavy atom. The third kappa shape index (κ3) is 4.83. The van der Waals surface area contributed by atoms with Gasteiger partial charge in [-0.25, -0.2) is 0 Å². The van der Waals surface area contributed by atoms with Crippen molar-refractivity contribution in [2.24, 2.45) is 0 Å². The van der Waals surface area contributed by atoms with Gasteiger partial charge in [0, 0.05) is 38.5 Å². The summed E-state index contributed by atoms with van der Waals surface area (Å²) in [7, 11) is 0. The molecule has 4 heteroatoms. The number of para-hydroxylation sites is 3. The van der Waals surface area contributed by atoms with Crippen LogP contribution in [-0.2, 0) is 0 Å². The summed E-state index contributed by atoms with van der Waals surface area (Å²) in [6.45, 7) is 0. The number of aromatic nitrogens is 2. The van der Waals surface area contributed by atoms with Gasteiger partial charge < -0.3 is 9.13 Å². The molecule has 0 atom stereocenters. The Morgan fingerprint density at radius 1 is 0.333 bits per heavy atom. The Balaban J connectivity index is 1.19. The Morgan fingerprint density at radius 3 is 1.61 bits per heavy atom. The molecule has 10 rings (SSSR count). The highest BCUT2D eigenvalue weighted by atomic mass is 15.0. The molecule has 0 fully saturated rings. The molecule has 0 saturated heterocycles. The van der Waals surface area contributed by atoms with Crippen molar-refractivity contribution in [1.29, 1.82) is 10.5 Å². The maximum Gasteiger partial charge on any atom is 0.0991 e. The number of nitriles is 2. The van der Waals surface area contributed by atoms with Crippen molar-refractivity contribution in [3.05, 3.63) is 193 Å². The highest BCUT2D eigenvalue weighted by Crippen LogP contribution is 2.44. The van der Waals surface area contributed by atoms with Gasteiger partial charge in [-0.2, -0.15) is 10.5 Å².